The summed E-state index contributed by atoms with van der Waals surface area (Å²) in [6.45, 7) is 3.99. The first-order valence-electron chi connectivity index (χ1n) is 7.11. The summed E-state index contributed by atoms with van der Waals surface area (Å²) in [4.78, 5) is 8.21. The highest BCUT2D eigenvalue weighted by molar-refractivity contribution is 7.71. The lowest BCUT2D eigenvalue weighted by molar-refractivity contribution is 0.326. The molecule has 1 fully saturated rings. The van der Waals surface area contributed by atoms with Crippen LogP contribution in [0.5, 0.6) is 5.88 Å². The molecule has 0 bridgehead atoms. The van der Waals surface area contributed by atoms with Crippen molar-refractivity contribution >= 4 is 18.0 Å². The first kappa shape index (κ1) is 14.0. The second-order valence-electron chi connectivity index (χ2n) is 4.91. The van der Waals surface area contributed by atoms with Crippen LogP contribution in [0.4, 0.5) is 5.82 Å². The molecule has 21 heavy (non-hydrogen) atoms. The lowest BCUT2D eigenvalue weighted by Gasteiger charge is -2.09. The van der Waals surface area contributed by atoms with Crippen LogP contribution in [0.15, 0.2) is 12.4 Å². The van der Waals surface area contributed by atoms with Crippen LogP contribution in [0.1, 0.15) is 31.5 Å². The summed E-state index contributed by atoms with van der Waals surface area (Å²) in [6.07, 6.45) is 3.90. The molecule has 112 valence electrons. The van der Waals surface area contributed by atoms with Crippen LogP contribution in [0, 0.1) is 4.77 Å². The Kier molecular flexibility index (Phi) is 4.14. The maximum Gasteiger partial charge on any atom is 0.218 e. The Balaban J connectivity index is 1.60. The summed E-state index contributed by atoms with van der Waals surface area (Å²) in [5.41, 5.74) is 0. The van der Waals surface area contributed by atoms with Crippen molar-refractivity contribution in [2.45, 2.75) is 32.2 Å². The van der Waals surface area contributed by atoms with E-state index in [0.717, 1.165) is 24.7 Å². The van der Waals surface area contributed by atoms with Crippen LogP contribution in [0.3, 0.4) is 0 Å². The zero-order valence-corrected chi connectivity index (χ0v) is 12.7. The molecule has 0 amide bonds. The Morgan fingerprint density at radius 1 is 1.48 bits per heavy atom. The second kappa shape index (κ2) is 6.21. The van der Waals surface area contributed by atoms with Crippen LogP contribution in [0.2, 0.25) is 0 Å². The first-order chi connectivity index (χ1) is 10.3. The monoisotopic (exact) mass is 306 g/mol. The molecule has 2 aromatic heterocycles. The number of nitrogens with one attached hydrogen (secondary N) is 2. The molecule has 0 radical (unpaired) electrons. The van der Waals surface area contributed by atoms with E-state index in [2.05, 4.69) is 30.0 Å². The molecule has 3 rings (SSSR count). The molecule has 0 spiro atoms. The largest absolute Gasteiger partial charge is 0.478 e. The minimum Gasteiger partial charge on any atom is -0.478 e. The van der Waals surface area contributed by atoms with Gasteiger partial charge in [-0.15, -0.1) is 0 Å². The number of rotatable bonds is 7. The van der Waals surface area contributed by atoms with E-state index < -0.39 is 0 Å². The van der Waals surface area contributed by atoms with Crippen LogP contribution in [-0.4, -0.2) is 37.9 Å². The van der Waals surface area contributed by atoms with Crippen molar-refractivity contribution in [1.82, 2.24) is 24.7 Å². The fourth-order valence-electron chi connectivity index (χ4n) is 2.16. The molecule has 2 N–H and O–H groups in total. The molecule has 0 unspecified atom stereocenters. The highest BCUT2D eigenvalue weighted by Crippen LogP contribution is 2.38. The van der Waals surface area contributed by atoms with Crippen molar-refractivity contribution in [2.24, 2.45) is 0 Å². The van der Waals surface area contributed by atoms with Crippen LogP contribution >= 0.6 is 12.2 Å². The second-order valence-corrected chi connectivity index (χ2v) is 5.30. The number of nitrogens with zero attached hydrogens (tertiary/aromatic N) is 4. The molecule has 0 aliphatic heterocycles. The van der Waals surface area contributed by atoms with Gasteiger partial charge in [0.05, 0.1) is 6.61 Å². The van der Waals surface area contributed by atoms with Crippen molar-refractivity contribution < 1.29 is 4.74 Å². The summed E-state index contributed by atoms with van der Waals surface area (Å²) in [5.74, 6) is 2.96. The maximum absolute atomic E-state index is 5.35. The standard InChI is InChI=1S/C13H18N6OS/c1-2-20-11-7-10(15-8-16-11)14-5-6-19-12(9-3-4-9)17-18-13(19)21/h7-9H,2-6H2,1H3,(H,18,21)(H,14,15,16). The predicted molar refractivity (Wildman–Crippen MR) is 81.1 cm³/mol. The lowest BCUT2D eigenvalue weighted by atomic mass is 10.4. The third kappa shape index (κ3) is 3.38. The van der Waals surface area contributed by atoms with Gasteiger partial charge in [0, 0.05) is 25.1 Å². The number of aromatic amines is 1. The Bertz CT molecular complexity index is 663. The van der Waals surface area contributed by atoms with Gasteiger partial charge in [-0.25, -0.2) is 9.97 Å². The topological polar surface area (TPSA) is 80.6 Å². The number of anilines is 1. The van der Waals surface area contributed by atoms with Gasteiger partial charge in [-0.3, -0.25) is 5.10 Å². The maximum atomic E-state index is 5.35. The third-order valence-electron chi connectivity index (χ3n) is 3.31. The van der Waals surface area contributed by atoms with E-state index in [1.54, 1.807) is 6.07 Å². The van der Waals surface area contributed by atoms with Gasteiger partial charge in [-0.1, -0.05) is 0 Å². The highest BCUT2D eigenvalue weighted by Gasteiger charge is 2.28. The number of H-pyrrole nitrogens is 1. The zero-order valence-electron chi connectivity index (χ0n) is 11.9. The van der Waals surface area contributed by atoms with Gasteiger partial charge in [0.25, 0.3) is 0 Å². The molecular weight excluding hydrogens is 288 g/mol. The number of aromatic nitrogens is 5. The number of hydrogen-bond acceptors (Lipinski definition) is 6. The fourth-order valence-corrected chi connectivity index (χ4v) is 2.39. The molecule has 0 aromatic carbocycles. The van der Waals surface area contributed by atoms with Gasteiger partial charge in [0.2, 0.25) is 5.88 Å². The van der Waals surface area contributed by atoms with Gasteiger partial charge >= 0.3 is 0 Å². The van der Waals surface area contributed by atoms with Crippen molar-refractivity contribution in [3.8, 4) is 5.88 Å². The molecule has 1 aliphatic carbocycles. The van der Waals surface area contributed by atoms with Crippen LogP contribution < -0.4 is 10.1 Å². The average Bonchev–Trinajstić information content (AvgIpc) is 3.25. The first-order valence-corrected chi connectivity index (χ1v) is 7.52. The van der Waals surface area contributed by atoms with E-state index in [9.17, 15) is 0 Å². The Morgan fingerprint density at radius 3 is 3.10 bits per heavy atom. The molecule has 7 nitrogen and oxygen atoms in total. The molecule has 2 aromatic rings. The van der Waals surface area contributed by atoms with Crippen molar-refractivity contribution in [2.75, 3.05) is 18.5 Å². The van der Waals surface area contributed by atoms with E-state index in [1.807, 2.05) is 6.92 Å². The summed E-state index contributed by atoms with van der Waals surface area (Å²) in [6, 6.07) is 1.79. The Labute approximate surface area is 127 Å². The summed E-state index contributed by atoms with van der Waals surface area (Å²) in [7, 11) is 0. The fraction of sp³-hybridized carbons (Fsp3) is 0.538. The average molecular weight is 306 g/mol. The summed E-state index contributed by atoms with van der Waals surface area (Å²) < 4.78 is 8.09. The van der Waals surface area contributed by atoms with Gasteiger partial charge in [0.15, 0.2) is 4.77 Å². The lowest BCUT2D eigenvalue weighted by Crippen LogP contribution is -2.13. The van der Waals surface area contributed by atoms with Crippen LogP contribution in [-0.2, 0) is 6.54 Å². The normalized spacial score (nSPS) is 14.1. The van der Waals surface area contributed by atoms with Crippen molar-refractivity contribution in [3.05, 3.63) is 23.0 Å². The quantitative estimate of drug-likeness (QED) is 0.763. The van der Waals surface area contributed by atoms with E-state index >= 15 is 0 Å². The molecule has 1 aliphatic rings. The molecule has 1 saturated carbocycles. The molecule has 8 heteroatoms. The number of ether oxygens (including phenoxy) is 1. The minimum atomic E-state index is 0.571. The molecular formula is C13H18N6OS. The predicted octanol–water partition coefficient (Wildman–Crippen LogP) is 2.12. The van der Waals surface area contributed by atoms with Gasteiger partial charge < -0.3 is 14.6 Å². The van der Waals surface area contributed by atoms with Crippen LogP contribution in [0.25, 0.3) is 0 Å². The van der Waals surface area contributed by atoms with Crippen molar-refractivity contribution in [3.63, 3.8) is 0 Å². The molecule has 0 saturated heterocycles. The van der Waals surface area contributed by atoms with Gasteiger partial charge in [0.1, 0.15) is 18.0 Å². The van der Waals surface area contributed by atoms with E-state index in [-0.39, 0.29) is 0 Å². The highest BCUT2D eigenvalue weighted by atomic mass is 32.1. The molecule has 0 atom stereocenters. The third-order valence-corrected chi connectivity index (χ3v) is 3.62. The van der Waals surface area contributed by atoms with E-state index in [0.29, 0.717) is 23.2 Å². The van der Waals surface area contributed by atoms with E-state index in [1.165, 1.54) is 19.2 Å². The van der Waals surface area contributed by atoms with E-state index in [4.69, 9.17) is 17.0 Å². The van der Waals surface area contributed by atoms with Crippen molar-refractivity contribution in [1.29, 1.82) is 0 Å². The zero-order chi connectivity index (χ0) is 14.7. The Morgan fingerprint density at radius 2 is 2.33 bits per heavy atom. The summed E-state index contributed by atoms with van der Waals surface area (Å²) in [5, 5.41) is 10.4. The smallest absolute Gasteiger partial charge is 0.218 e. The van der Waals surface area contributed by atoms with Gasteiger partial charge in [-0.2, -0.15) is 5.10 Å². The minimum absolute atomic E-state index is 0.571. The Hall–Kier alpha value is -1.96. The number of hydrogen-bond donors (Lipinski definition) is 2. The summed E-state index contributed by atoms with van der Waals surface area (Å²) >= 11 is 5.28. The van der Waals surface area contributed by atoms with Gasteiger partial charge in [-0.05, 0) is 32.0 Å². The molecule has 2 heterocycles. The SMILES string of the molecule is CCOc1cc(NCCn2c(C3CC3)n[nH]c2=S)ncn1.